The van der Waals surface area contributed by atoms with Gasteiger partial charge in [-0.1, -0.05) is 48.5 Å². The van der Waals surface area contributed by atoms with E-state index in [1.54, 1.807) is 0 Å². The monoisotopic (exact) mass is 338 g/mol. The number of hydrogen-bond acceptors (Lipinski definition) is 3. The van der Waals surface area contributed by atoms with Gasteiger partial charge in [0.1, 0.15) is 5.75 Å². The SMILES string of the molecule is O=C(CCOc1ccccc1)N[C@@H]1CCC(=O)N[C@H]1c1ccccc1. The van der Waals surface area contributed by atoms with Crippen molar-refractivity contribution in [1.82, 2.24) is 10.6 Å². The summed E-state index contributed by atoms with van der Waals surface area (Å²) in [5, 5.41) is 6.03. The predicted molar refractivity (Wildman–Crippen MR) is 95.0 cm³/mol. The zero-order valence-corrected chi connectivity index (χ0v) is 14.0. The van der Waals surface area contributed by atoms with Gasteiger partial charge in [0.05, 0.1) is 25.1 Å². The van der Waals surface area contributed by atoms with Crippen LogP contribution in [0, 0.1) is 0 Å². The quantitative estimate of drug-likeness (QED) is 0.851. The van der Waals surface area contributed by atoms with Gasteiger partial charge in [0.2, 0.25) is 11.8 Å². The maximum atomic E-state index is 12.3. The van der Waals surface area contributed by atoms with Crippen LogP contribution in [0.4, 0.5) is 0 Å². The standard InChI is InChI=1S/C20H22N2O3/c23-18-12-11-17(20(22-18)15-7-3-1-4-8-15)21-19(24)13-14-25-16-9-5-2-6-10-16/h1-10,17,20H,11-14H2,(H,21,24)(H,22,23)/t17-,20+/m1/s1. The maximum absolute atomic E-state index is 12.3. The molecule has 25 heavy (non-hydrogen) atoms. The van der Waals surface area contributed by atoms with E-state index in [2.05, 4.69) is 10.6 Å². The number of nitrogens with one attached hydrogen (secondary N) is 2. The van der Waals surface area contributed by atoms with E-state index in [9.17, 15) is 9.59 Å². The van der Waals surface area contributed by atoms with Crippen molar-refractivity contribution < 1.29 is 14.3 Å². The third-order valence-corrected chi connectivity index (χ3v) is 4.25. The number of para-hydroxylation sites is 1. The summed E-state index contributed by atoms with van der Waals surface area (Å²) in [4.78, 5) is 24.0. The molecule has 0 radical (unpaired) electrons. The molecule has 0 bridgehead atoms. The third kappa shape index (κ3) is 4.83. The zero-order chi connectivity index (χ0) is 17.5. The van der Waals surface area contributed by atoms with Crippen LogP contribution in [0.25, 0.3) is 0 Å². The minimum absolute atomic E-state index is 0.0202. The summed E-state index contributed by atoms with van der Waals surface area (Å²) >= 11 is 0. The molecule has 1 aliphatic rings. The minimum atomic E-state index is -0.193. The van der Waals surface area contributed by atoms with Crippen molar-refractivity contribution >= 4 is 11.8 Å². The lowest BCUT2D eigenvalue weighted by Gasteiger charge is -2.33. The predicted octanol–water partition coefficient (Wildman–Crippen LogP) is 2.59. The van der Waals surface area contributed by atoms with Crippen molar-refractivity contribution in [1.29, 1.82) is 0 Å². The van der Waals surface area contributed by atoms with E-state index in [0.717, 1.165) is 11.3 Å². The van der Waals surface area contributed by atoms with Crippen molar-refractivity contribution in [2.45, 2.75) is 31.3 Å². The van der Waals surface area contributed by atoms with Gasteiger partial charge in [0.15, 0.2) is 0 Å². The fourth-order valence-corrected chi connectivity index (χ4v) is 2.99. The summed E-state index contributed by atoms with van der Waals surface area (Å²) < 4.78 is 5.56. The highest BCUT2D eigenvalue weighted by Crippen LogP contribution is 2.24. The molecular formula is C20H22N2O3. The van der Waals surface area contributed by atoms with Crippen LogP contribution in [-0.4, -0.2) is 24.5 Å². The van der Waals surface area contributed by atoms with Gasteiger partial charge in [-0.05, 0) is 24.1 Å². The van der Waals surface area contributed by atoms with Crippen LogP contribution in [0.1, 0.15) is 30.9 Å². The fraction of sp³-hybridized carbons (Fsp3) is 0.300. The molecule has 0 aromatic heterocycles. The molecule has 3 rings (SSSR count). The van der Waals surface area contributed by atoms with Gasteiger partial charge in [0, 0.05) is 6.42 Å². The first-order valence-electron chi connectivity index (χ1n) is 8.54. The summed E-state index contributed by atoms with van der Waals surface area (Å²) in [6.07, 6.45) is 1.34. The molecule has 2 N–H and O–H groups in total. The van der Waals surface area contributed by atoms with Crippen molar-refractivity contribution in [3.8, 4) is 5.75 Å². The van der Waals surface area contributed by atoms with Gasteiger partial charge < -0.3 is 15.4 Å². The Morgan fingerprint density at radius 2 is 1.76 bits per heavy atom. The topological polar surface area (TPSA) is 67.4 Å². The van der Waals surface area contributed by atoms with Crippen LogP contribution >= 0.6 is 0 Å². The summed E-state index contributed by atoms with van der Waals surface area (Å²) in [6, 6.07) is 18.9. The average Bonchev–Trinajstić information content (AvgIpc) is 2.65. The average molecular weight is 338 g/mol. The molecule has 1 heterocycles. The molecular weight excluding hydrogens is 316 g/mol. The fourth-order valence-electron chi connectivity index (χ4n) is 2.99. The Morgan fingerprint density at radius 3 is 2.48 bits per heavy atom. The molecule has 0 aliphatic carbocycles. The molecule has 5 nitrogen and oxygen atoms in total. The number of carbonyl (C=O) groups excluding carboxylic acids is 2. The summed E-state index contributed by atoms with van der Waals surface area (Å²) in [5.74, 6) is 0.701. The number of carbonyl (C=O) groups is 2. The van der Waals surface area contributed by atoms with E-state index < -0.39 is 0 Å². The summed E-state index contributed by atoms with van der Waals surface area (Å²) in [6.45, 7) is 0.324. The zero-order valence-electron chi connectivity index (χ0n) is 14.0. The van der Waals surface area contributed by atoms with E-state index in [1.807, 2.05) is 60.7 Å². The van der Waals surface area contributed by atoms with Crippen LogP contribution in [0.3, 0.4) is 0 Å². The number of rotatable bonds is 6. The lowest BCUT2D eigenvalue weighted by molar-refractivity contribution is -0.127. The maximum Gasteiger partial charge on any atom is 0.223 e. The first kappa shape index (κ1) is 17.0. The highest BCUT2D eigenvalue weighted by Gasteiger charge is 2.30. The third-order valence-electron chi connectivity index (χ3n) is 4.25. The van der Waals surface area contributed by atoms with E-state index in [1.165, 1.54) is 0 Å². The van der Waals surface area contributed by atoms with Crippen LogP contribution in [0.5, 0.6) is 5.75 Å². The highest BCUT2D eigenvalue weighted by molar-refractivity contribution is 5.79. The molecule has 2 amide bonds. The Balaban J connectivity index is 1.54. The largest absolute Gasteiger partial charge is 0.493 e. The number of amides is 2. The Hall–Kier alpha value is -2.82. The van der Waals surface area contributed by atoms with Gasteiger partial charge in [-0.3, -0.25) is 9.59 Å². The van der Waals surface area contributed by atoms with E-state index in [4.69, 9.17) is 4.74 Å². The van der Waals surface area contributed by atoms with Crippen LogP contribution in [0.2, 0.25) is 0 Å². The van der Waals surface area contributed by atoms with Crippen LogP contribution in [0.15, 0.2) is 60.7 Å². The first-order chi connectivity index (χ1) is 12.2. The smallest absolute Gasteiger partial charge is 0.223 e. The van der Waals surface area contributed by atoms with E-state index >= 15 is 0 Å². The molecule has 2 aromatic rings. The molecule has 1 fully saturated rings. The van der Waals surface area contributed by atoms with Crippen molar-refractivity contribution in [3.05, 3.63) is 66.2 Å². The van der Waals surface area contributed by atoms with Crippen molar-refractivity contribution in [2.75, 3.05) is 6.61 Å². The number of benzene rings is 2. The Kier molecular flexibility index (Phi) is 5.67. The lowest BCUT2D eigenvalue weighted by Crippen LogP contribution is -2.50. The molecule has 1 saturated heterocycles. The Labute approximate surface area is 147 Å². The second-order valence-electron chi connectivity index (χ2n) is 6.08. The lowest BCUT2D eigenvalue weighted by atomic mass is 9.92. The number of piperidine rings is 1. The second-order valence-corrected chi connectivity index (χ2v) is 6.08. The van der Waals surface area contributed by atoms with E-state index in [0.29, 0.717) is 19.4 Å². The summed E-state index contributed by atoms with van der Waals surface area (Å²) in [7, 11) is 0. The van der Waals surface area contributed by atoms with Gasteiger partial charge in [-0.2, -0.15) is 0 Å². The molecule has 0 unspecified atom stereocenters. The normalized spacial score (nSPS) is 19.8. The number of hydrogen-bond donors (Lipinski definition) is 2. The van der Waals surface area contributed by atoms with Crippen molar-refractivity contribution in [2.24, 2.45) is 0 Å². The Bertz CT molecular complexity index is 703. The minimum Gasteiger partial charge on any atom is -0.493 e. The molecule has 1 aliphatic heterocycles. The molecule has 2 atom stereocenters. The number of ether oxygens (including phenoxy) is 1. The van der Waals surface area contributed by atoms with Gasteiger partial charge >= 0.3 is 0 Å². The highest BCUT2D eigenvalue weighted by atomic mass is 16.5. The van der Waals surface area contributed by atoms with Gasteiger partial charge in [-0.25, -0.2) is 0 Å². The van der Waals surface area contributed by atoms with Crippen LogP contribution in [-0.2, 0) is 9.59 Å². The molecule has 0 saturated carbocycles. The molecule has 2 aromatic carbocycles. The van der Waals surface area contributed by atoms with Gasteiger partial charge in [0.25, 0.3) is 0 Å². The van der Waals surface area contributed by atoms with E-state index in [-0.39, 0.29) is 30.3 Å². The van der Waals surface area contributed by atoms with Gasteiger partial charge in [-0.15, -0.1) is 0 Å². The Morgan fingerprint density at radius 1 is 1.08 bits per heavy atom. The first-order valence-corrected chi connectivity index (χ1v) is 8.54. The van der Waals surface area contributed by atoms with Crippen molar-refractivity contribution in [3.63, 3.8) is 0 Å². The van der Waals surface area contributed by atoms with Crippen LogP contribution < -0.4 is 15.4 Å². The molecule has 0 spiro atoms. The summed E-state index contributed by atoms with van der Waals surface area (Å²) in [5.41, 5.74) is 1.00. The molecule has 130 valence electrons. The molecule has 5 heteroatoms. The second kappa shape index (κ2) is 8.33.